The largest absolute Gasteiger partial charge is 0.356 e. The van der Waals surface area contributed by atoms with Crippen molar-refractivity contribution in [2.45, 2.75) is 78.4 Å². The van der Waals surface area contributed by atoms with E-state index in [1.807, 2.05) is 6.92 Å². The van der Waals surface area contributed by atoms with E-state index >= 15 is 0 Å². The van der Waals surface area contributed by atoms with Crippen LogP contribution < -0.4 is 0 Å². The van der Waals surface area contributed by atoms with Crippen molar-refractivity contribution in [3.8, 4) is 0 Å². The van der Waals surface area contributed by atoms with Gasteiger partial charge in [0, 0.05) is 24.7 Å². The van der Waals surface area contributed by atoms with Gasteiger partial charge in [0.25, 0.3) is 5.91 Å². The molecule has 0 aromatic rings. The maximum Gasteiger partial charge on any atom is 0.252 e. The van der Waals surface area contributed by atoms with Crippen molar-refractivity contribution in [3.63, 3.8) is 0 Å². The number of carbonyl (C=O) groups excluding carboxylic acids is 1. The highest BCUT2D eigenvalue weighted by molar-refractivity contribution is 5.97. The third-order valence-corrected chi connectivity index (χ3v) is 5.04. The summed E-state index contributed by atoms with van der Waals surface area (Å²) in [4.78, 5) is 21.5. The van der Waals surface area contributed by atoms with Gasteiger partial charge < -0.3 is 4.90 Å². The Morgan fingerprint density at radius 2 is 1.90 bits per heavy atom. The minimum atomic E-state index is 0.0917. The molecule has 0 saturated carbocycles. The first kappa shape index (κ1) is 16.5. The van der Waals surface area contributed by atoms with Crippen molar-refractivity contribution in [2.24, 2.45) is 10.9 Å². The first-order valence-corrected chi connectivity index (χ1v) is 8.53. The van der Waals surface area contributed by atoms with E-state index in [-0.39, 0.29) is 11.8 Å². The second kappa shape index (κ2) is 6.91. The van der Waals surface area contributed by atoms with Gasteiger partial charge in [-0.3, -0.25) is 9.69 Å². The highest BCUT2D eigenvalue weighted by Crippen LogP contribution is 2.30. The second-order valence-electron chi connectivity index (χ2n) is 7.07. The standard InChI is InChI=1S/C17H31N3O/c1-12(2)19(13(3)4)11-9-15-16-8-6-7-10-20(16)14(5)18-17(15)21/h12-13,15-16H,6-11H2,1-5H3. The molecular weight excluding hydrogens is 262 g/mol. The van der Waals surface area contributed by atoms with Gasteiger partial charge in [0.2, 0.25) is 0 Å². The Labute approximate surface area is 129 Å². The van der Waals surface area contributed by atoms with Gasteiger partial charge in [-0.1, -0.05) is 0 Å². The highest BCUT2D eigenvalue weighted by Gasteiger charge is 2.38. The number of carbonyl (C=O) groups is 1. The molecule has 0 spiro atoms. The smallest absolute Gasteiger partial charge is 0.252 e. The van der Waals surface area contributed by atoms with Crippen LogP contribution in [0.1, 0.15) is 60.3 Å². The summed E-state index contributed by atoms with van der Waals surface area (Å²) >= 11 is 0. The molecule has 0 aromatic heterocycles. The molecule has 4 nitrogen and oxygen atoms in total. The van der Waals surface area contributed by atoms with Gasteiger partial charge in [-0.05, 0) is 66.8 Å². The number of nitrogens with zero attached hydrogens (tertiary/aromatic N) is 3. The summed E-state index contributed by atoms with van der Waals surface area (Å²) in [7, 11) is 0. The van der Waals surface area contributed by atoms with E-state index in [1.165, 1.54) is 12.8 Å². The van der Waals surface area contributed by atoms with Gasteiger partial charge in [-0.2, -0.15) is 0 Å². The highest BCUT2D eigenvalue weighted by atomic mass is 16.1. The summed E-state index contributed by atoms with van der Waals surface area (Å²) in [5.74, 6) is 1.14. The number of rotatable bonds is 5. The average Bonchev–Trinajstić information content (AvgIpc) is 2.41. The molecule has 0 aliphatic carbocycles. The molecule has 0 radical (unpaired) electrons. The SMILES string of the molecule is CC1=NC(=O)C(CCN(C(C)C)C(C)C)C2CCCCN12. The molecule has 0 N–H and O–H groups in total. The van der Waals surface area contributed by atoms with Gasteiger partial charge in [0.1, 0.15) is 5.84 Å². The Morgan fingerprint density at radius 3 is 2.52 bits per heavy atom. The normalized spacial score (nSPS) is 26.6. The van der Waals surface area contributed by atoms with E-state index in [2.05, 4.69) is 42.5 Å². The van der Waals surface area contributed by atoms with Crippen LogP contribution in [0.25, 0.3) is 0 Å². The summed E-state index contributed by atoms with van der Waals surface area (Å²) in [6.45, 7) is 13.0. The Bertz CT molecular complexity index is 395. The zero-order valence-corrected chi connectivity index (χ0v) is 14.3. The molecule has 21 heavy (non-hydrogen) atoms. The molecule has 4 heteroatoms. The lowest BCUT2D eigenvalue weighted by Crippen LogP contribution is -2.53. The number of amidine groups is 1. The third kappa shape index (κ3) is 3.65. The van der Waals surface area contributed by atoms with Crippen LogP contribution >= 0.6 is 0 Å². The molecule has 0 bridgehead atoms. The second-order valence-corrected chi connectivity index (χ2v) is 7.07. The Balaban J connectivity index is 2.06. The zero-order chi connectivity index (χ0) is 15.6. The van der Waals surface area contributed by atoms with Crippen molar-refractivity contribution in [2.75, 3.05) is 13.1 Å². The predicted octanol–water partition coefficient (Wildman–Crippen LogP) is 2.92. The van der Waals surface area contributed by atoms with Gasteiger partial charge in [0.15, 0.2) is 0 Å². The van der Waals surface area contributed by atoms with Crippen LogP contribution in [0.4, 0.5) is 0 Å². The lowest BCUT2D eigenvalue weighted by atomic mass is 9.85. The fourth-order valence-electron chi connectivity index (χ4n) is 3.97. The quantitative estimate of drug-likeness (QED) is 0.782. The van der Waals surface area contributed by atoms with Crippen LogP contribution in [-0.4, -0.2) is 52.8 Å². The minimum Gasteiger partial charge on any atom is -0.356 e. The molecule has 1 fully saturated rings. The first-order valence-electron chi connectivity index (χ1n) is 8.53. The molecule has 0 aromatic carbocycles. The predicted molar refractivity (Wildman–Crippen MR) is 87.5 cm³/mol. The van der Waals surface area contributed by atoms with E-state index in [0.717, 1.165) is 31.8 Å². The summed E-state index contributed by atoms with van der Waals surface area (Å²) in [5.41, 5.74) is 0. The van der Waals surface area contributed by atoms with Gasteiger partial charge in [-0.25, -0.2) is 4.99 Å². The molecule has 2 rings (SSSR count). The van der Waals surface area contributed by atoms with Crippen molar-refractivity contribution in [3.05, 3.63) is 0 Å². The van der Waals surface area contributed by atoms with Crippen molar-refractivity contribution in [1.82, 2.24) is 9.80 Å². The number of amides is 1. The van der Waals surface area contributed by atoms with E-state index in [1.54, 1.807) is 0 Å². The number of hydrogen-bond donors (Lipinski definition) is 0. The molecule has 2 aliphatic heterocycles. The molecule has 2 atom stereocenters. The number of piperidine rings is 1. The lowest BCUT2D eigenvalue weighted by Gasteiger charge is -2.44. The maximum atomic E-state index is 12.4. The monoisotopic (exact) mass is 293 g/mol. The summed E-state index contributed by atoms with van der Waals surface area (Å²) < 4.78 is 0. The lowest BCUT2D eigenvalue weighted by molar-refractivity contribution is -0.125. The number of aliphatic imine (C=N–C) groups is 1. The Hall–Kier alpha value is -0.900. The fraction of sp³-hybridized carbons (Fsp3) is 0.882. The molecule has 2 aliphatic rings. The third-order valence-electron chi connectivity index (χ3n) is 5.04. The van der Waals surface area contributed by atoms with E-state index in [9.17, 15) is 4.79 Å². The summed E-state index contributed by atoms with van der Waals surface area (Å²) in [6, 6.07) is 1.44. The minimum absolute atomic E-state index is 0.0917. The Morgan fingerprint density at radius 1 is 1.24 bits per heavy atom. The van der Waals surface area contributed by atoms with Crippen LogP contribution in [0.3, 0.4) is 0 Å². The topological polar surface area (TPSA) is 35.9 Å². The van der Waals surface area contributed by atoms with Gasteiger partial charge in [0.05, 0.1) is 5.92 Å². The molecule has 1 saturated heterocycles. The van der Waals surface area contributed by atoms with Crippen LogP contribution in [0.2, 0.25) is 0 Å². The summed E-state index contributed by atoms with van der Waals surface area (Å²) in [6.07, 6.45) is 4.56. The molecule has 2 unspecified atom stereocenters. The van der Waals surface area contributed by atoms with Crippen molar-refractivity contribution in [1.29, 1.82) is 0 Å². The Kier molecular flexibility index (Phi) is 5.42. The van der Waals surface area contributed by atoms with Crippen LogP contribution in [-0.2, 0) is 4.79 Å². The van der Waals surface area contributed by atoms with Crippen molar-refractivity contribution >= 4 is 11.7 Å². The van der Waals surface area contributed by atoms with E-state index in [0.29, 0.717) is 18.1 Å². The molecule has 120 valence electrons. The molecular formula is C17H31N3O. The fourth-order valence-corrected chi connectivity index (χ4v) is 3.97. The van der Waals surface area contributed by atoms with Gasteiger partial charge in [-0.15, -0.1) is 0 Å². The van der Waals surface area contributed by atoms with Crippen LogP contribution in [0.5, 0.6) is 0 Å². The number of fused-ring (bicyclic) bond motifs is 1. The zero-order valence-electron chi connectivity index (χ0n) is 14.3. The van der Waals surface area contributed by atoms with E-state index < -0.39 is 0 Å². The first-order chi connectivity index (χ1) is 9.91. The van der Waals surface area contributed by atoms with E-state index in [4.69, 9.17) is 0 Å². The molecule has 2 heterocycles. The van der Waals surface area contributed by atoms with Crippen LogP contribution in [0.15, 0.2) is 4.99 Å². The average molecular weight is 293 g/mol. The molecule has 1 amide bonds. The van der Waals surface area contributed by atoms with Crippen LogP contribution in [0, 0.1) is 5.92 Å². The number of hydrogen-bond acceptors (Lipinski definition) is 3. The maximum absolute atomic E-state index is 12.4. The van der Waals surface area contributed by atoms with Gasteiger partial charge >= 0.3 is 0 Å². The summed E-state index contributed by atoms with van der Waals surface area (Å²) in [5, 5.41) is 0. The van der Waals surface area contributed by atoms with Crippen molar-refractivity contribution < 1.29 is 4.79 Å².